The van der Waals surface area contributed by atoms with Crippen LogP contribution in [0.15, 0.2) is 36.5 Å². The molecule has 0 unspecified atom stereocenters. The fraction of sp³-hybridized carbons (Fsp3) is 0.0769. The molecule has 0 amide bonds. The molecule has 0 saturated heterocycles. The average molecular weight is 212 g/mol. The van der Waals surface area contributed by atoms with Gasteiger partial charge in [0.1, 0.15) is 5.82 Å². The first kappa shape index (κ1) is 9.21. The van der Waals surface area contributed by atoms with Gasteiger partial charge in [0.2, 0.25) is 0 Å². The van der Waals surface area contributed by atoms with Crippen LogP contribution in [0.2, 0.25) is 0 Å². The van der Waals surface area contributed by atoms with Gasteiger partial charge in [-0.3, -0.25) is 9.97 Å². The van der Waals surface area contributed by atoms with E-state index in [-0.39, 0.29) is 5.82 Å². The first-order valence-electron chi connectivity index (χ1n) is 5.06. The van der Waals surface area contributed by atoms with Crippen molar-refractivity contribution >= 4 is 21.8 Å². The number of nitrogens with zero attached hydrogens (tertiary/aromatic N) is 2. The molecule has 3 heteroatoms. The van der Waals surface area contributed by atoms with E-state index in [1.165, 1.54) is 6.07 Å². The van der Waals surface area contributed by atoms with Gasteiger partial charge < -0.3 is 0 Å². The molecule has 2 heterocycles. The second-order valence-electron chi connectivity index (χ2n) is 3.78. The molecule has 78 valence electrons. The van der Waals surface area contributed by atoms with Gasteiger partial charge in [-0.15, -0.1) is 0 Å². The van der Waals surface area contributed by atoms with Crippen molar-refractivity contribution in [3.05, 3.63) is 48.0 Å². The first-order chi connectivity index (χ1) is 7.75. The molecule has 1 aromatic carbocycles. The summed E-state index contributed by atoms with van der Waals surface area (Å²) < 4.78 is 13.8. The molecule has 0 saturated carbocycles. The number of rotatable bonds is 0. The van der Waals surface area contributed by atoms with E-state index in [4.69, 9.17) is 0 Å². The quantitative estimate of drug-likeness (QED) is 0.534. The highest BCUT2D eigenvalue weighted by Crippen LogP contribution is 2.24. The number of benzene rings is 1. The van der Waals surface area contributed by atoms with E-state index in [1.54, 1.807) is 24.4 Å². The minimum atomic E-state index is -0.247. The maximum atomic E-state index is 13.8. The molecule has 0 radical (unpaired) electrons. The predicted molar refractivity (Wildman–Crippen MR) is 61.7 cm³/mol. The number of aromatic nitrogens is 2. The number of halogens is 1. The largest absolute Gasteiger partial charge is 0.254 e. The molecule has 16 heavy (non-hydrogen) atoms. The van der Waals surface area contributed by atoms with Crippen molar-refractivity contribution in [1.82, 2.24) is 9.97 Å². The minimum Gasteiger partial charge on any atom is -0.254 e. The highest BCUT2D eigenvalue weighted by Gasteiger charge is 2.08. The lowest BCUT2D eigenvalue weighted by Crippen LogP contribution is -1.90. The molecule has 0 fully saturated rings. The van der Waals surface area contributed by atoms with Crippen molar-refractivity contribution in [3.8, 4) is 0 Å². The molecule has 0 atom stereocenters. The van der Waals surface area contributed by atoms with Gasteiger partial charge in [-0.05, 0) is 31.2 Å². The molecule has 0 bridgehead atoms. The van der Waals surface area contributed by atoms with E-state index in [9.17, 15) is 4.39 Å². The molecule has 2 aromatic heterocycles. The lowest BCUT2D eigenvalue weighted by Gasteiger charge is -2.04. The number of fused-ring (bicyclic) bond motifs is 3. The monoisotopic (exact) mass is 212 g/mol. The topological polar surface area (TPSA) is 25.8 Å². The summed E-state index contributed by atoms with van der Waals surface area (Å²) in [7, 11) is 0. The van der Waals surface area contributed by atoms with Crippen molar-refractivity contribution < 1.29 is 4.39 Å². The highest BCUT2D eigenvalue weighted by molar-refractivity contribution is 6.02. The van der Waals surface area contributed by atoms with E-state index in [0.717, 1.165) is 16.6 Å². The molecular formula is C13H9FN2. The summed E-state index contributed by atoms with van der Waals surface area (Å²) in [6, 6.07) is 8.70. The van der Waals surface area contributed by atoms with Gasteiger partial charge in [-0.1, -0.05) is 6.07 Å². The predicted octanol–water partition coefficient (Wildman–Crippen LogP) is 3.23. The Hall–Kier alpha value is -2.03. The zero-order valence-electron chi connectivity index (χ0n) is 8.74. The molecule has 0 aliphatic heterocycles. The zero-order chi connectivity index (χ0) is 11.1. The Morgan fingerprint density at radius 3 is 2.88 bits per heavy atom. The molecule has 0 spiro atoms. The normalized spacial score (nSPS) is 11.1. The summed E-state index contributed by atoms with van der Waals surface area (Å²) in [6.45, 7) is 1.89. The molecular weight excluding hydrogens is 203 g/mol. The third-order valence-electron chi connectivity index (χ3n) is 2.64. The fourth-order valence-electron chi connectivity index (χ4n) is 1.88. The Morgan fingerprint density at radius 2 is 2.00 bits per heavy atom. The summed E-state index contributed by atoms with van der Waals surface area (Å²) in [5, 5.41) is 1.31. The van der Waals surface area contributed by atoms with Crippen LogP contribution in [0.4, 0.5) is 4.39 Å². The standard InChI is InChI=1S/C13H9FN2/c1-8-4-5-10-11(14)7-9-3-2-6-15-12(9)13(10)16-8/h2-7H,1H3. The highest BCUT2D eigenvalue weighted by atomic mass is 19.1. The lowest BCUT2D eigenvalue weighted by atomic mass is 10.1. The maximum absolute atomic E-state index is 13.8. The van der Waals surface area contributed by atoms with Gasteiger partial charge in [0.25, 0.3) is 0 Å². The Labute approximate surface area is 91.8 Å². The molecule has 3 rings (SSSR count). The Balaban J connectivity index is 2.61. The van der Waals surface area contributed by atoms with Gasteiger partial charge >= 0.3 is 0 Å². The van der Waals surface area contributed by atoms with Crippen LogP contribution in [0, 0.1) is 12.7 Å². The van der Waals surface area contributed by atoms with Gasteiger partial charge in [0.05, 0.1) is 11.0 Å². The fourth-order valence-corrected chi connectivity index (χ4v) is 1.88. The summed E-state index contributed by atoms with van der Waals surface area (Å²) >= 11 is 0. The maximum Gasteiger partial charge on any atom is 0.133 e. The third kappa shape index (κ3) is 1.25. The number of pyridine rings is 2. The molecule has 0 aliphatic rings. The first-order valence-corrected chi connectivity index (χ1v) is 5.06. The number of hydrogen-bond donors (Lipinski definition) is 0. The van der Waals surface area contributed by atoms with Crippen LogP contribution < -0.4 is 0 Å². The summed E-state index contributed by atoms with van der Waals surface area (Å²) in [4.78, 5) is 8.62. The van der Waals surface area contributed by atoms with Crippen molar-refractivity contribution in [3.63, 3.8) is 0 Å². The lowest BCUT2D eigenvalue weighted by molar-refractivity contribution is 0.641. The Kier molecular flexibility index (Phi) is 1.86. The van der Waals surface area contributed by atoms with Crippen LogP contribution >= 0.6 is 0 Å². The number of aryl methyl sites for hydroxylation is 1. The minimum absolute atomic E-state index is 0.247. The Bertz CT molecular complexity index is 692. The van der Waals surface area contributed by atoms with Crippen LogP contribution in [0.3, 0.4) is 0 Å². The number of hydrogen-bond acceptors (Lipinski definition) is 2. The van der Waals surface area contributed by atoms with Crippen molar-refractivity contribution in [1.29, 1.82) is 0 Å². The van der Waals surface area contributed by atoms with Crippen LogP contribution in [0.25, 0.3) is 21.8 Å². The van der Waals surface area contributed by atoms with E-state index in [2.05, 4.69) is 9.97 Å². The zero-order valence-corrected chi connectivity index (χ0v) is 8.74. The Morgan fingerprint density at radius 1 is 1.12 bits per heavy atom. The third-order valence-corrected chi connectivity index (χ3v) is 2.64. The smallest absolute Gasteiger partial charge is 0.133 e. The SMILES string of the molecule is Cc1ccc2c(F)cc3cccnc3c2n1. The molecule has 3 aromatic rings. The van der Waals surface area contributed by atoms with Crippen LogP contribution in [-0.2, 0) is 0 Å². The average Bonchev–Trinajstić information content (AvgIpc) is 2.29. The van der Waals surface area contributed by atoms with Crippen molar-refractivity contribution in [2.24, 2.45) is 0 Å². The van der Waals surface area contributed by atoms with Crippen molar-refractivity contribution in [2.45, 2.75) is 6.92 Å². The van der Waals surface area contributed by atoms with E-state index in [0.29, 0.717) is 10.9 Å². The summed E-state index contributed by atoms with van der Waals surface area (Å²) in [6.07, 6.45) is 1.70. The molecule has 0 N–H and O–H groups in total. The van der Waals surface area contributed by atoms with E-state index in [1.807, 2.05) is 13.0 Å². The van der Waals surface area contributed by atoms with E-state index < -0.39 is 0 Å². The van der Waals surface area contributed by atoms with Crippen LogP contribution in [0.5, 0.6) is 0 Å². The van der Waals surface area contributed by atoms with Gasteiger partial charge in [0, 0.05) is 22.7 Å². The van der Waals surface area contributed by atoms with E-state index >= 15 is 0 Å². The van der Waals surface area contributed by atoms with Gasteiger partial charge in [-0.2, -0.15) is 0 Å². The second-order valence-corrected chi connectivity index (χ2v) is 3.78. The second kappa shape index (κ2) is 3.23. The molecule has 0 aliphatic carbocycles. The van der Waals surface area contributed by atoms with Gasteiger partial charge in [0.15, 0.2) is 0 Å². The van der Waals surface area contributed by atoms with Crippen LogP contribution in [-0.4, -0.2) is 9.97 Å². The van der Waals surface area contributed by atoms with Crippen molar-refractivity contribution in [2.75, 3.05) is 0 Å². The summed E-state index contributed by atoms with van der Waals surface area (Å²) in [5.74, 6) is -0.247. The molecule has 2 nitrogen and oxygen atoms in total. The summed E-state index contributed by atoms with van der Waals surface area (Å²) in [5.41, 5.74) is 2.25. The van der Waals surface area contributed by atoms with Gasteiger partial charge in [-0.25, -0.2) is 4.39 Å². The van der Waals surface area contributed by atoms with Crippen LogP contribution in [0.1, 0.15) is 5.69 Å².